The molecule has 4 N–H and O–H groups in total. The Morgan fingerprint density at radius 3 is 2.52 bits per heavy atom. The van der Waals surface area contributed by atoms with Crippen molar-refractivity contribution in [2.45, 2.75) is 53.5 Å². The summed E-state index contributed by atoms with van der Waals surface area (Å²) < 4.78 is 0. The summed E-state index contributed by atoms with van der Waals surface area (Å²) in [5.41, 5.74) is 6.69. The molecule has 0 aromatic carbocycles. The zero-order valence-electron chi connectivity index (χ0n) is 13.7. The van der Waals surface area contributed by atoms with Crippen LogP contribution in [0.25, 0.3) is 0 Å². The first-order valence-electron chi connectivity index (χ1n) is 7.52. The number of rotatable bonds is 7. The zero-order valence-corrected chi connectivity index (χ0v) is 13.7. The number of anilines is 2. The molecule has 1 unspecified atom stereocenters. The smallest absolute Gasteiger partial charge is 0.242 e. The molecule has 0 saturated carbocycles. The Morgan fingerprint density at radius 1 is 1.29 bits per heavy atom. The van der Waals surface area contributed by atoms with Crippen LogP contribution in [0.5, 0.6) is 0 Å². The molecular formula is C15H27N5O. The van der Waals surface area contributed by atoms with Crippen LogP contribution in [-0.4, -0.2) is 28.5 Å². The van der Waals surface area contributed by atoms with Crippen LogP contribution in [0.3, 0.4) is 0 Å². The van der Waals surface area contributed by atoms with Gasteiger partial charge in [0, 0.05) is 18.5 Å². The van der Waals surface area contributed by atoms with Crippen molar-refractivity contribution in [3.63, 3.8) is 0 Å². The first-order chi connectivity index (χ1) is 9.85. The molecule has 0 aliphatic heterocycles. The molecule has 0 aliphatic rings. The van der Waals surface area contributed by atoms with Gasteiger partial charge in [0.15, 0.2) is 0 Å². The quantitative estimate of drug-likeness (QED) is 0.714. The highest BCUT2D eigenvalue weighted by Gasteiger charge is 2.16. The first kappa shape index (κ1) is 17.2. The van der Waals surface area contributed by atoms with E-state index in [4.69, 9.17) is 5.73 Å². The molecule has 1 amide bonds. The highest BCUT2D eigenvalue weighted by atomic mass is 16.2. The number of carbonyl (C=O) groups excluding carboxylic acids is 1. The highest BCUT2D eigenvalue weighted by Crippen LogP contribution is 2.18. The Kier molecular flexibility index (Phi) is 6.39. The van der Waals surface area contributed by atoms with E-state index in [-0.39, 0.29) is 11.9 Å². The van der Waals surface area contributed by atoms with E-state index in [0.717, 1.165) is 18.4 Å². The molecule has 6 heteroatoms. The van der Waals surface area contributed by atoms with Crippen LogP contribution in [0, 0.1) is 12.8 Å². The Bertz CT molecular complexity index is 487. The van der Waals surface area contributed by atoms with E-state index in [1.165, 1.54) is 0 Å². The van der Waals surface area contributed by atoms with E-state index in [1.807, 2.05) is 13.8 Å². The molecule has 118 valence electrons. The number of nitrogens with zero attached hydrogens (tertiary/aromatic N) is 2. The molecule has 21 heavy (non-hydrogen) atoms. The number of aryl methyl sites for hydroxylation is 1. The Balaban J connectivity index is 2.79. The first-order valence-corrected chi connectivity index (χ1v) is 7.52. The molecule has 1 atom stereocenters. The molecule has 0 spiro atoms. The van der Waals surface area contributed by atoms with Gasteiger partial charge in [-0.1, -0.05) is 20.8 Å². The lowest BCUT2D eigenvalue weighted by Crippen LogP contribution is -2.39. The van der Waals surface area contributed by atoms with Crippen LogP contribution in [0.15, 0.2) is 0 Å². The van der Waals surface area contributed by atoms with Gasteiger partial charge in [0.1, 0.15) is 23.5 Å². The van der Waals surface area contributed by atoms with Crippen LogP contribution in [0.1, 0.15) is 45.5 Å². The van der Waals surface area contributed by atoms with Crippen LogP contribution < -0.4 is 16.4 Å². The van der Waals surface area contributed by atoms with E-state index in [0.29, 0.717) is 29.9 Å². The molecule has 0 radical (unpaired) electrons. The minimum Gasteiger partial charge on any atom is -0.383 e. The van der Waals surface area contributed by atoms with Gasteiger partial charge in [0.2, 0.25) is 5.91 Å². The lowest BCUT2D eigenvalue weighted by atomic mass is 10.2. The third-order valence-corrected chi connectivity index (χ3v) is 3.13. The maximum atomic E-state index is 12.0. The number of amides is 1. The summed E-state index contributed by atoms with van der Waals surface area (Å²) in [6.07, 6.45) is 1.72. The predicted octanol–water partition coefficient (Wildman–Crippen LogP) is 1.89. The molecule has 1 heterocycles. The summed E-state index contributed by atoms with van der Waals surface area (Å²) >= 11 is 0. The molecule has 1 aromatic rings. The third-order valence-electron chi connectivity index (χ3n) is 3.13. The molecule has 6 nitrogen and oxygen atoms in total. The van der Waals surface area contributed by atoms with Crippen molar-refractivity contribution in [3.8, 4) is 0 Å². The SMILES string of the molecule is CCCc1nc(N)c(C)c(NC(C)C(=O)NCC(C)C)n1. The normalized spacial score (nSPS) is 12.3. The molecule has 0 fully saturated rings. The molecule has 1 rings (SSSR count). The number of aromatic nitrogens is 2. The lowest BCUT2D eigenvalue weighted by Gasteiger charge is -2.18. The zero-order chi connectivity index (χ0) is 16.0. The van der Waals surface area contributed by atoms with Crippen molar-refractivity contribution in [1.29, 1.82) is 0 Å². The van der Waals surface area contributed by atoms with Crippen LogP contribution in [-0.2, 0) is 11.2 Å². The second-order valence-electron chi connectivity index (χ2n) is 5.75. The Hall–Kier alpha value is -1.85. The molecule has 1 aromatic heterocycles. The fourth-order valence-electron chi connectivity index (χ4n) is 1.79. The van der Waals surface area contributed by atoms with Gasteiger partial charge < -0.3 is 16.4 Å². The van der Waals surface area contributed by atoms with Crippen molar-refractivity contribution < 1.29 is 4.79 Å². The molecular weight excluding hydrogens is 266 g/mol. The molecule has 0 aliphatic carbocycles. The van der Waals surface area contributed by atoms with Gasteiger partial charge in [-0.05, 0) is 26.2 Å². The summed E-state index contributed by atoms with van der Waals surface area (Å²) in [5.74, 6) is 2.19. The van der Waals surface area contributed by atoms with E-state index in [1.54, 1.807) is 0 Å². The third kappa shape index (κ3) is 5.21. The number of carbonyl (C=O) groups is 1. The summed E-state index contributed by atoms with van der Waals surface area (Å²) in [6.45, 7) is 10.5. The molecule has 0 saturated heterocycles. The van der Waals surface area contributed by atoms with Gasteiger partial charge in [0.05, 0.1) is 0 Å². The van der Waals surface area contributed by atoms with Gasteiger partial charge in [-0.2, -0.15) is 0 Å². The lowest BCUT2D eigenvalue weighted by molar-refractivity contribution is -0.121. The second kappa shape index (κ2) is 7.81. The van der Waals surface area contributed by atoms with Crippen molar-refractivity contribution in [2.75, 3.05) is 17.6 Å². The van der Waals surface area contributed by atoms with Gasteiger partial charge in [0.25, 0.3) is 0 Å². The summed E-state index contributed by atoms with van der Waals surface area (Å²) in [4.78, 5) is 20.7. The number of hydrogen-bond acceptors (Lipinski definition) is 5. The topological polar surface area (TPSA) is 92.9 Å². The largest absolute Gasteiger partial charge is 0.383 e. The van der Waals surface area contributed by atoms with E-state index in [2.05, 4.69) is 41.4 Å². The van der Waals surface area contributed by atoms with Crippen LogP contribution in [0.4, 0.5) is 11.6 Å². The van der Waals surface area contributed by atoms with E-state index >= 15 is 0 Å². The van der Waals surface area contributed by atoms with Gasteiger partial charge >= 0.3 is 0 Å². The maximum Gasteiger partial charge on any atom is 0.242 e. The fourth-order valence-corrected chi connectivity index (χ4v) is 1.79. The van der Waals surface area contributed by atoms with Crippen molar-refractivity contribution >= 4 is 17.5 Å². The standard InChI is InChI=1S/C15H27N5O/c1-6-7-12-19-13(16)10(4)14(20-12)18-11(5)15(21)17-8-9(2)3/h9,11H,6-8H2,1-5H3,(H,17,21)(H3,16,18,19,20). The number of nitrogens with two attached hydrogens (primary N) is 1. The van der Waals surface area contributed by atoms with Gasteiger partial charge in [-0.25, -0.2) is 9.97 Å². The Morgan fingerprint density at radius 2 is 1.95 bits per heavy atom. The van der Waals surface area contributed by atoms with E-state index in [9.17, 15) is 4.79 Å². The summed E-state index contributed by atoms with van der Waals surface area (Å²) in [5, 5.41) is 6.03. The monoisotopic (exact) mass is 293 g/mol. The second-order valence-corrected chi connectivity index (χ2v) is 5.75. The van der Waals surface area contributed by atoms with Gasteiger partial charge in [-0.3, -0.25) is 4.79 Å². The van der Waals surface area contributed by atoms with Crippen molar-refractivity contribution in [3.05, 3.63) is 11.4 Å². The van der Waals surface area contributed by atoms with E-state index < -0.39 is 0 Å². The number of nitrogen functional groups attached to an aromatic ring is 1. The van der Waals surface area contributed by atoms with Crippen molar-refractivity contribution in [2.24, 2.45) is 5.92 Å². The summed E-state index contributed by atoms with van der Waals surface area (Å²) in [6, 6.07) is -0.369. The summed E-state index contributed by atoms with van der Waals surface area (Å²) in [7, 11) is 0. The number of hydrogen-bond donors (Lipinski definition) is 3. The average molecular weight is 293 g/mol. The number of nitrogens with one attached hydrogen (secondary N) is 2. The van der Waals surface area contributed by atoms with Gasteiger partial charge in [-0.15, -0.1) is 0 Å². The predicted molar refractivity (Wildman–Crippen MR) is 86.1 cm³/mol. The minimum atomic E-state index is -0.369. The Labute approximate surface area is 126 Å². The van der Waals surface area contributed by atoms with Crippen LogP contribution >= 0.6 is 0 Å². The average Bonchev–Trinajstić information content (AvgIpc) is 2.41. The van der Waals surface area contributed by atoms with Crippen LogP contribution in [0.2, 0.25) is 0 Å². The minimum absolute atomic E-state index is 0.0441. The highest BCUT2D eigenvalue weighted by molar-refractivity contribution is 5.84. The maximum absolute atomic E-state index is 12.0. The molecule has 0 bridgehead atoms. The fraction of sp³-hybridized carbons (Fsp3) is 0.667. The van der Waals surface area contributed by atoms with Crippen molar-refractivity contribution in [1.82, 2.24) is 15.3 Å².